The SMILES string of the molecule is COc1ccc(CCc2cc(=O)c3cc(OC)c(OC)cc3o2)cc1. The van der Waals surface area contributed by atoms with Crippen molar-refractivity contribution in [3.05, 3.63) is 64.0 Å². The fraction of sp³-hybridized carbons (Fsp3) is 0.250. The van der Waals surface area contributed by atoms with Crippen LogP contribution in [-0.2, 0) is 12.8 Å². The molecule has 0 amide bonds. The van der Waals surface area contributed by atoms with Crippen molar-refractivity contribution in [1.82, 2.24) is 0 Å². The van der Waals surface area contributed by atoms with Gasteiger partial charge in [-0.05, 0) is 30.2 Å². The maximum atomic E-state index is 12.4. The Morgan fingerprint density at radius 2 is 1.52 bits per heavy atom. The third-order valence-corrected chi connectivity index (χ3v) is 4.10. The Kier molecular flexibility index (Phi) is 4.93. The molecule has 0 aliphatic carbocycles. The molecule has 0 bridgehead atoms. The molecule has 3 rings (SSSR count). The van der Waals surface area contributed by atoms with Crippen LogP contribution in [0, 0.1) is 0 Å². The number of methoxy groups -OCH3 is 3. The molecule has 5 heteroatoms. The summed E-state index contributed by atoms with van der Waals surface area (Å²) in [6.07, 6.45) is 1.40. The number of ether oxygens (including phenoxy) is 3. The van der Waals surface area contributed by atoms with E-state index in [9.17, 15) is 4.79 Å². The van der Waals surface area contributed by atoms with E-state index < -0.39 is 0 Å². The molecule has 0 fully saturated rings. The average Bonchev–Trinajstić information content (AvgIpc) is 2.65. The summed E-state index contributed by atoms with van der Waals surface area (Å²) in [5, 5.41) is 0.478. The molecular weight excluding hydrogens is 320 g/mol. The topological polar surface area (TPSA) is 57.9 Å². The lowest BCUT2D eigenvalue weighted by Gasteiger charge is -2.09. The van der Waals surface area contributed by atoms with Gasteiger partial charge in [0.1, 0.15) is 17.1 Å². The van der Waals surface area contributed by atoms with E-state index in [0.717, 1.165) is 17.7 Å². The van der Waals surface area contributed by atoms with Gasteiger partial charge in [0, 0.05) is 18.6 Å². The Labute approximate surface area is 145 Å². The van der Waals surface area contributed by atoms with E-state index in [0.29, 0.717) is 34.6 Å². The first kappa shape index (κ1) is 16.9. The average molecular weight is 340 g/mol. The van der Waals surface area contributed by atoms with E-state index in [2.05, 4.69) is 0 Å². The predicted octanol–water partition coefficient (Wildman–Crippen LogP) is 3.60. The smallest absolute Gasteiger partial charge is 0.193 e. The second-order valence-corrected chi connectivity index (χ2v) is 5.63. The highest BCUT2D eigenvalue weighted by Gasteiger charge is 2.11. The first-order chi connectivity index (χ1) is 12.1. The molecule has 0 unspecified atom stereocenters. The van der Waals surface area contributed by atoms with Crippen molar-refractivity contribution in [1.29, 1.82) is 0 Å². The first-order valence-corrected chi connectivity index (χ1v) is 7.96. The van der Waals surface area contributed by atoms with Gasteiger partial charge in [0.2, 0.25) is 0 Å². The van der Waals surface area contributed by atoms with E-state index in [1.54, 1.807) is 26.4 Å². The van der Waals surface area contributed by atoms with Crippen molar-refractivity contribution in [3.8, 4) is 17.2 Å². The van der Waals surface area contributed by atoms with E-state index in [1.165, 1.54) is 13.2 Å². The molecule has 0 N–H and O–H groups in total. The van der Waals surface area contributed by atoms with Crippen LogP contribution < -0.4 is 19.6 Å². The molecule has 0 aliphatic heterocycles. The molecule has 0 spiro atoms. The highest BCUT2D eigenvalue weighted by atomic mass is 16.5. The Morgan fingerprint density at radius 3 is 2.16 bits per heavy atom. The minimum absolute atomic E-state index is 0.0908. The molecule has 0 radical (unpaired) electrons. The molecule has 0 aliphatic rings. The van der Waals surface area contributed by atoms with E-state index in [4.69, 9.17) is 18.6 Å². The van der Waals surface area contributed by atoms with E-state index in [1.807, 2.05) is 24.3 Å². The summed E-state index contributed by atoms with van der Waals surface area (Å²) in [6.45, 7) is 0. The lowest BCUT2D eigenvalue weighted by atomic mass is 10.1. The van der Waals surface area contributed by atoms with Gasteiger partial charge >= 0.3 is 0 Å². The van der Waals surface area contributed by atoms with Crippen molar-refractivity contribution in [2.75, 3.05) is 21.3 Å². The lowest BCUT2D eigenvalue weighted by Crippen LogP contribution is -2.04. The third kappa shape index (κ3) is 3.60. The van der Waals surface area contributed by atoms with Crippen molar-refractivity contribution in [2.24, 2.45) is 0 Å². The molecular formula is C20H20O5. The van der Waals surface area contributed by atoms with Crippen LogP contribution in [0.5, 0.6) is 17.2 Å². The Bertz CT molecular complexity index is 925. The van der Waals surface area contributed by atoms with Gasteiger partial charge < -0.3 is 18.6 Å². The van der Waals surface area contributed by atoms with Crippen LogP contribution in [0.2, 0.25) is 0 Å². The Hall–Kier alpha value is -2.95. The number of aryl methyl sites for hydroxylation is 2. The molecule has 0 saturated heterocycles. The van der Waals surface area contributed by atoms with E-state index >= 15 is 0 Å². The Balaban J connectivity index is 1.87. The van der Waals surface area contributed by atoms with Gasteiger partial charge in [0.25, 0.3) is 0 Å². The van der Waals surface area contributed by atoms with Crippen LogP contribution >= 0.6 is 0 Å². The lowest BCUT2D eigenvalue weighted by molar-refractivity contribution is 0.355. The molecule has 2 aromatic carbocycles. The molecule has 130 valence electrons. The minimum Gasteiger partial charge on any atom is -0.497 e. The predicted molar refractivity (Wildman–Crippen MR) is 96.0 cm³/mol. The summed E-state index contributed by atoms with van der Waals surface area (Å²) < 4.78 is 21.6. The zero-order valence-electron chi connectivity index (χ0n) is 14.5. The Morgan fingerprint density at radius 1 is 0.840 bits per heavy atom. The highest BCUT2D eigenvalue weighted by Crippen LogP contribution is 2.31. The summed E-state index contributed by atoms with van der Waals surface area (Å²) in [5.74, 6) is 2.50. The quantitative estimate of drug-likeness (QED) is 0.686. The van der Waals surface area contributed by atoms with Crippen molar-refractivity contribution in [3.63, 3.8) is 0 Å². The summed E-state index contributed by atoms with van der Waals surface area (Å²) in [4.78, 5) is 12.4. The second-order valence-electron chi connectivity index (χ2n) is 5.63. The summed E-state index contributed by atoms with van der Waals surface area (Å²) >= 11 is 0. The molecule has 1 heterocycles. The maximum absolute atomic E-state index is 12.4. The van der Waals surface area contributed by atoms with Crippen LogP contribution in [0.1, 0.15) is 11.3 Å². The van der Waals surface area contributed by atoms with Gasteiger partial charge in [0.15, 0.2) is 16.9 Å². The largest absolute Gasteiger partial charge is 0.497 e. The fourth-order valence-electron chi connectivity index (χ4n) is 2.71. The van der Waals surface area contributed by atoms with E-state index in [-0.39, 0.29) is 5.43 Å². The van der Waals surface area contributed by atoms with Crippen molar-refractivity contribution >= 4 is 11.0 Å². The molecule has 5 nitrogen and oxygen atoms in total. The summed E-state index contributed by atoms with van der Waals surface area (Å²) in [5.41, 5.74) is 1.55. The third-order valence-electron chi connectivity index (χ3n) is 4.10. The van der Waals surface area contributed by atoms with Crippen LogP contribution in [0.25, 0.3) is 11.0 Å². The summed E-state index contributed by atoms with van der Waals surface area (Å²) in [6, 6.07) is 12.7. The molecule has 25 heavy (non-hydrogen) atoms. The number of rotatable bonds is 6. The van der Waals surface area contributed by atoms with Crippen LogP contribution in [0.3, 0.4) is 0 Å². The normalized spacial score (nSPS) is 10.7. The van der Waals surface area contributed by atoms with Crippen LogP contribution in [0.4, 0.5) is 0 Å². The number of hydrogen-bond acceptors (Lipinski definition) is 5. The summed E-state index contributed by atoms with van der Waals surface area (Å²) in [7, 11) is 4.73. The minimum atomic E-state index is -0.0908. The maximum Gasteiger partial charge on any atom is 0.193 e. The van der Waals surface area contributed by atoms with Gasteiger partial charge in [-0.25, -0.2) is 0 Å². The number of benzene rings is 2. The standard InChI is InChI=1S/C20H20O5/c1-22-14-7-4-13(5-8-14)6-9-15-10-17(21)16-11-19(23-2)20(24-3)12-18(16)25-15/h4-5,7-8,10-12H,6,9H2,1-3H3. The first-order valence-electron chi connectivity index (χ1n) is 7.96. The monoisotopic (exact) mass is 340 g/mol. The molecule has 1 aromatic heterocycles. The van der Waals surface area contributed by atoms with Crippen LogP contribution in [-0.4, -0.2) is 21.3 Å². The zero-order chi connectivity index (χ0) is 17.8. The van der Waals surface area contributed by atoms with Gasteiger partial charge in [-0.15, -0.1) is 0 Å². The number of fused-ring (bicyclic) bond motifs is 1. The zero-order valence-corrected chi connectivity index (χ0v) is 14.5. The molecule has 0 atom stereocenters. The van der Waals surface area contributed by atoms with Gasteiger partial charge in [-0.2, -0.15) is 0 Å². The highest BCUT2D eigenvalue weighted by molar-refractivity contribution is 5.80. The molecule has 3 aromatic rings. The van der Waals surface area contributed by atoms with Gasteiger partial charge in [0.05, 0.1) is 26.7 Å². The fourth-order valence-corrected chi connectivity index (χ4v) is 2.71. The number of hydrogen-bond donors (Lipinski definition) is 0. The molecule has 0 saturated carbocycles. The van der Waals surface area contributed by atoms with Crippen molar-refractivity contribution < 1.29 is 18.6 Å². The second kappa shape index (κ2) is 7.30. The van der Waals surface area contributed by atoms with Crippen molar-refractivity contribution in [2.45, 2.75) is 12.8 Å². The van der Waals surface area contributed by atoms with Gasteiger partial charge in [-0.1, -0.05) is 12.1 Å². The van der Waals surface area contributed by atoms with Crippen LogP contribution in [0.15, 0.2) is 51.7 Å². The van der Waals surface area contributed by atoms with Gasteiger partial charge in [-0.3, -0.25) is 4.79 Å².